The van der Waals surface area contributed by atoms with E-state index in [1.54, 1.807) is 11.3 Å². The molecule has 4 heterocycles. The number of hydrogen-bond donors (Lipinski definition) is 0. The quantitative estimate of drug-likeness (QED) is 0.564. The predicted octanol–water partition coefficient (Wildman–Crippen LogP) is 4.76. The van der Waals surface area contributed by atoms with Gasteiger partial charge in [0.25, 0.3) is 5.91 Å². The number of fused-ring (bicyclic) bond motifs is 1. The molecule has 0 radical (unpaired) electrons. The van der Waals surface area contributed by atoms with Crippen LogP contribution in [-0.4, -0.2) is 59.6 Å². The molecule has 1 unspecified atom stereocenters. The van der Waals surface area contributed by atoms with Crippen LogP contribution in [0.3, 0.4) is 0 Å². The molecule has 5 nitrogen and oxygen atoms in total. The van der Waals surface area contributed by atoms with E-state index >= 15 is 0 Å². The Kier molecular flexibility index (Phi) is 6.81. The Morgan fingerprint density at radius 1 is 1.03 bits per heavy atom. The van der Waals surface area contributed by atoms with E-state index in [0.29, 0.717) is 32.3 Å². The minimum Gasteiger partial charge on any atom is -0.378 e. The largest absolute Gasteiger partial charge is 0.378 e. The van der Waals surface area contributed by atoms with Crippen LogP contribution < -0.4 is 0 Å². The van der Waals surface area contributed by atoms with Gasteiger partial charge in [-0.25, -0.2) is 0 Å². The van der Waals surface area contributed by atoms with Crippen molar-refractivity contribution in [3.63, 3.8) is 0 Å². The molecule has 0 aliphatic carbocycles. The summed E-state index contributed by atoms with van der Waals surface area (Å²) >= 11 is 1.66. The molecule has 1 amide bonds. The molecule has 0 bridgehead atoms. The molecule has 2 saturated heterocycles. The van der Waals surface area contributed by atoms with Crippen LogP contribution >= 0.6 is 11.3 Å². The van der Waals surface area contributed by atoms with Crippen molar-refractivity contribution in [1.82, 2.24) is 14.8 Å². The number of benzene rings is 1. The molecule has 6 heteroatoms. The minimum absolute atomic E-state index is 0.175. The first-order valence-electron chi connectivity index (χ1n) is 11.8. The fraction of sp³-hybridized carbons (Fsp3) is 0.462. The maximum Gasteiger partial charge on any atom is 0.264 e. The van der Waals surface area contributed by atoms with Crippen molar-refractivity contribution in [3.8, 4) is 0 Å². The molecule has 32 heavy (non-hydrogen) atoms. The van der Waals surface area contributed by atoms with Crippen molar-refractivity contribution in [2.24, 2.45) is 0 Å². The Labute approximate surface area is 194 Å². The van der Waals surface area contributed by atoms with E-state index in [-0.39, 0.29) is 5.91 Å². The first-order valence-corrected chi connectivity index (χ1v) is 12.6. The second kappa shape index (κ2) is 10.1. The number of carbonyl (C=O) groups excluding carboxylic acids is 1. The summed E-state index contributed by atoms with van der Waals surface area (Å²) in [6.07, 6.45) is 7.72. The molecule has 168 valence electrons. The summed E-state index contributed by atoms with van der Waals surface area (Å²) in [6, 6.07) is 15.1. The van der Waals surface area contributed by atoms with Gasteiger partial charge in [0.1, 0.15) is 0 Å². The summed E-state index contributed by atoms with van der Waals surface area (Å²) in [5, 5.41) is 1.25. The predicted molar refractivity (Wildman–Crippen MR) is 129 cm³/mol. The smallest absolute Gasteiger partial charge is 0.264 e. The number of rotatable bonds is 5. The van der Waals surface area contributed by atoms with Gasteiger partial charge in [0.2, 0.25) is 0 Å². The Hall–Kier alpha value is -2.28. The van der Waals surface area contributed by atoms with E-state index in [2.05, 4.69) is 46.3 Å². The number of nitrogens with zero attached hydrogens (tertiary/aromatic N) is 3. The third-order valence-electron chi connectivity index (χ3n) is 6.72. The fourth-order valence-electron chi connectivity index (χ4n) is 5.00. The van der Waals surface area contributed by atoms with Crippen molar-refractivity contribution in [1.29, 1.82) is 0 Å². The Morgan fingerprint density at radius 3 is 2.72 bits per heavy atom. The number of thiophene rings is 1. The summed E-state index contributed by atoms with van der Waals surface area (Å²) in [6.45, 7) is 4.60. The van der Waals surface area contributed by atoms with Gasteiger partial charge < -0.3 is 9.64 Å². The molecule has 0 saturated carbocycles. The molecule has 2 aromatic heterocycles. The zero-order valence-corrected chi connectivity index (χ0v) is 19.4. The zero-order chi connectivity index (χ0) is 21.8. The molecule has 2 aliphatic heterocycles. The topological polar surface area (TPSA) is 45.7 Å². The van der Waals surface area contributed by atoms with Crippen molar-refractivity contribution < 1.29 is 9.53 Å². The molecule has 1 atom stereocenters. The molecule has 3 aromatic rings. The lowest BCUT2D eigenvalue weighted by atomic mass is 9.97. The van der Waals surface area contributed by atoms with Crippen LogP contribution in [0.15, 0.2) is 48.7 Å². The number of ether oxygens (including phenoxy) is 1. The highest BCUT2D eigenvalue weighted by molar-refractivity contribution is 7.21. The molecule has 2 aliphatic rings. The van der Waals surface area contributed by atoms with Crippen molar-refractivity contribution >= 4 is 27.3 Å². The lowest BCUT2D eigenvalue weighted by Gasteiger charge is -2.31. The third-order valence-corrected chi connectivity index (χ3v) is 7.92. The number of amides is 1. The van der Waals surface area contributed by atoms with Gasteiger partial charge in [-0.05, 0) is 55.0 Å². The second-order valence-corrected chi connectivity index (χ2v) is 9.86. The number of morpholine rings is 1. The van der Waals surface area contributed by atoms with Gasteiger partial charge >= 0.3 is 0 Å². The lowest BCUT2D eigenvalue weighted by Crippen LogP contribution is -2.41. The van der Waals surface area contributed by atoms with Crippen LogP contribution in [0.25, 0.3) is 10.1 Å². The van der Waals surface area contributed by atoms with E-state index in [0.717, 1.165) is 30.1 Å². The highest BCUT2D eigenvalue weighted by atomic mass is 32.1. The Morgan fingerprint density at radius 2 is 1.88 bits per heavy atom. The van der Waals surface area contributed by atoms with Gasteiger partial charge in [0.15, 0.2) is 0 Å². The monoisotopic (exact) mass is 449 g/mol. The van der Waals surface area contributed by atoms with Gasteiger partial charge in [-0.15, -0.1) is 11.3 Å². The third kappa shape index (κ3) is 4.72. The van der Waals surface area contributed by atoms with Crippen LogP contribution in [0.2, 0.25) is 0 Å². The van der Waals surface area contributed by atoms with Crippen LogP contribution in [0, 0.1) is 0 Å². The fourth-order valence-corrected chi connectivity index (χ4v) is 6.20. The first kappa shape index (κ1) is 21.6. The molecule has 0 N–H and O–H groups in total. The van der Waals surface area contributed by atoms with Crippen LogP contribution in [-0.2, 0) is 17.7 Å². The maximum absolute atomic E-state index is 13.5. The molecular formula is C26H31N3O2S. The summed E-state index contributed by atoms with van der Waals surface area (Å²) in [5.74, 6) is 0.175. The van der Waals surface area contributed by atoms with Crippen molar-refractivity contribution in [3.05, 3.63) is 64.8 Å². The molecule has 5 rings (SSSR count). The first-order chi connectivity index (χ1) is 15.8. The van der Waals surface area contributed by atoms with Gasteiger partial charge in [-0.2, -0.15) is 0 Å². The van der Waals surface area contributed by atoms with Gasteiger partial charge in [-0.3, -0.25) is 14.7 Å². The summed E-state index contributed by atoms with van der Waals surface area (Å²) in [4.78, 5) is 23.6. The van der Waals surface area contributed by atoms with E-state index in [1.165, 1.54) is 41.3 Å². The average Bonchev–Trinajstić information content (AvgIpc) is 3.06. The minimum atomic E-state index is 0.175. The Bertz CT molecular complexity index is 1050. The molecule has 0 spiro atoms. The molecule has 1 aromatic carbocycles. The van der Waals surface area contributed by atoms with E-state index < -0.39 is 0 Å². The summed E-state index contributed by atoms with van der Waals surface area (Å²) in [5.41, 5.74) is 2.36. The molecule has 2 fully saturated rings. The highest BCUT2D eigenvalue weighted by Crippen LogP contribution is 2.35. The number of carbonyl (C=O) groups is 1. The van der Waals surface area contributed by atoms with Gasteiger partial charge in [-0.1, -0.05) is 37.1 Å². The Balaban J connectivity index is 1.46. The molecular weight excluding hydrogens is 418 g/mol. The van der Waals surface area contributed by atoms with Gasteiger partial charge in [0, 0.05) is 36.6 Å². The number of hydrogen-bond acceptors (Lipinski definition) is 5. The van der Waals surface area contributed by atoms with Crippen molar-refractivity contribution in [2.75, 3.05) is 32.8 Å². The number of likely N-dealkylation sites (tertiary alicyclic amines) is 1. The normalized spacial score (nSPS) is 20.4. The van der Waals surface area contributed by atoms with Crippen LogP contribution in [0.4, 0.5) is 0 Å². The van der Waals surface area contributed by atoms with E-state index in [9.17, 15) is 4.79 Å². The average molecular weight is 450 g/mol. The van der Waals surface area contributed by atoms with Crippen LogP contribution in [0.5, 0.6) is 0 Å². The second-order valence-electron chi connectivity index (χ2n) is 8.81. The number of pyridine rings is 1. The van der Waals surface area contributed by atoms with Crippen molar-refractivity contribution in [2.45, 2.75) is 44.7 Å². The van der Waals surface area contributed by atoms with Crippen LogP contribution in [0.1, 0.15) is 46.6 Å². The number of aromatic nitrogens is 1. The standard InChI is InChI=1S/C26H31N3O2S/c30-26(28-14-16-31-17-15-28)25-23(22-10-3-4-11-24(22)32-25)18-21-9-2-1-7-13-29(21)19-20-8-5-6-12-27-20/h3-6,8,10-12,21H,1-2,7,9,13-19H2. The van der Waals surface area contributed by atoms with E-state index in [4.69, 9.17) is 4.74 Å². The zero-order valence-electron chi connectivity index (χ0n) is 18.5. The SMILES string of the molecule is O=C(c1sc2ccccc2c1CC1CCCCCN1Cc1ccccn1)N1CCOCC1. The summed E-state index contributed by atoms with van der Waals surface area (Å²) < 4.78 is 6.69. The summed E-state index contributed by atoms with van der Waals surface area (Å²) in [7, 11) is 0. The maximum atomic E-state index is 13.5. The van der Waals surface area contributed by atoms with E-state index in [1.807, 2.05) is 17.2 Å². The van der Waals surface area contributed by atoms with Gasteiger partial charge in [0.05, 0.1) is 23.8 Å². The lowest BCUT2D eigenvalue weighted by molar-refractivity contribution is 0.0305. The highest BCUT2D eigenvalue weighted by Gasteiger charge is 2.28.